The number of nitrogens with zero attached hydrogens (tertiary/aromatic N) is 3. The van der Waals surface area contributed by atoms with Crippen molar-refractivity contribution in [2.24, 2.45) is 11.1 Å². The quantitative estimate of drug-likeness (QED) is 0.538. The number of allylic oxidation sites excluding steroid dienone is 5. The fourth-order valence-electron chi connectivity index (χ4n) is 2.28. The molecule has 4 N–H and O–H groups in total. The van der Waals surface area contributed by atoms with Crippen molar-refractivity contribution in [3.8, 4) is 11.9 Å². The average Bonchev–Trinajstić information content (AvgIpc) is 2.83. The van der Waals surface area contributed by atoms with E-state index in [0.29, 0.717) is 4.47 Å². The van der Waals surface area contributed by atoms with Gasteiger partial charge < -0.3 is 15.2 Å². The van der Waals surface area contributed by atoms with Crippen LogP contribution in [0.1, 0.15) is 13.8 Å². The summed E-state index contributed by atoms with van der Waals surface area (Å²) in [6.07, 6.45) is -1.93. The van der Waals surface area contributed by atoms with E-state index in [-0.39, 0.29) is 17.5 Å². The molecule has 4 atom stereocenters. The molecule has 2 unspecified atom stereocenters. The van der Waals surface area contributed by atoms with Gasteiger partial charge in [0.15, 0.2) is 0 Å². The van der Waals surface area contributed by atoms with Gasteiger partial charge in [0.05, 0.1) is 27.3 Å². The molecule has 13 heteroatoms. The lowest BCUT2D eigenvalue weighted by atomic mass is 10.1. The van der Waals surface area contributed by atoms with Gasteiger partial charge in [-0.05, 0) is 41.9 Å². The first kappa shape index (κ1) is 24.0. The lowest BCUT2D eigenvalue weighted by molar-refractivity contribution is -0.149. The minimum Gasteiger partial charge on any atom is -0.471 e. The fraction of sp³-hybridized carbons (Fsp3) is 0.353. The van der Waals surface area contributed by atoms with Crippen molar-refractivity contribution in [3.05, 3.63) is 45.1 Å². The second kappa shape index (κ2) is 9.69. The highest BCUT2D eigenvalue weighted by Gasteiger charge is 2.43. The molecule has 0 saturated carbocycles. The molecule has 0 aliphatic heterocycles. The number of nitrogens with one attached hydrogen (secondary N) is 1. The molecule has 0 amide bonds. The van der Waals surface area contributed by atoms with Crippen LogP contribution in [0.5, 0.6) is 5.88 Å². The van der Waals surface area contributed by atoms with Crippen LogP contribution in [0, 0.1) is 17.2 Å². The Balaban J connectivity index is 2.42. The second-order valence-electron chi connectivity index (χ2n) is 6.20. The van der Waals surface area contributed by atoms with E-state index in [0.717, 1.165) is 18.2 Å². The Hall–Kier alpha value is -2.27. The van der Waals surface area contributed by atoms with Gasteiger partial charge in [-0.1, -0.05) is 6.08 Å². The maximum absolute atomic E-state index is 13.4. The Morgan fingerprint density at radius 1 is 1.47 bits per heavy atom. The number of ether oxygens (including phenoxy) is 1. The zero-order valence-electron chi connectivity index (χ0n) is 15.6. The summed E-state index contributed by atoms with van der Waals surface area (Å²) in [5, 5.41) is 26.7. The smallest absolute Gasteiger partial charge is 0.399 e. The summed E-state index contributed by atoms with van der Waals surface area (Å²) in [4.78, 5) is 7.36. The third-order valence-electron chi connectivity index (χ3n) is 3.95. The highest BCUT2D eigenvalue weighted by molar-refractivity contribution is 9.10. The molecule has 8 nitrogen and oxygen atoms in total. The van der Waals surface area contributed by atoms with Crippen molar-refractivity contribution < 1.29 is 27.2 Å². The molecule has 0 saturated heterocycles. The Bertz CT molecular complexity index is 972. The summed E-state index contributed by atoms with van der Waals surface area (Å²) in [7, 11) is -2.52. The van der Waals surface area contributed by atoms with Gasteiger partial charge in [-0.25, -0.2) is 14.3 Å². The predicted molar refractivity (Wildman–Crippen MR) is 107 cm³/mol. The molecule has 1 aromatic heterocycles. The van der Waals surface area contributed by atoms with Crippen molar-refractivity contribution in [1.29, 1.82) is 5.26 Å². The van der Waals surface area contributed by atoms with Gasteiger partial charge in [0, 0.05) is 5.70 Å². The van der Waals surface area contributed by atoms with Crippen molar-refractivity contribution in [1.82, 2.24) is 9.97 Å². The van der Waals surface area contributed by atoms with Crippen LogP contribution in [-0.4, -0.2) is 37.7 Å². The van der Waals surface area contributed by atoms with Crippen LogP contribution < -0.4 is 15.2 Å². The monoisotopic (exact) mass is 507 g/mol. The molecule has 1 aliphatic carbocycles. The number of anilines is 1. The van der Waals surface area contributed by atoms with Crippen LogP contribution in [-0.2, 0) is 11.0 Å². The third kappa shape index (κ3) is 5.88. The number of halogens is 4. The number of aromatic nitrogens is 2. The molecular weight excluding hydrogens is 491 g/mol. The van der Waals surface area contributed by atoms with Gasteiger partial charge in [0.25, 0.3) is 0 Å². The van der Waals surface area contributed by atoms with Gasteiger partial charge in [-0.3, -0.25) is 0 Å². The molecule has 1 aliphatic rings. The van der Waals surface area contributed by atoms with E-state index in [1.54, 1.807) is 13.0 Å². The highest BCUT2D eigenvalue weighted by atomic mass is 79.9. The van der Waals surface area contributed by atoms with Crippen LogP contribution in [0.15, 0.2) is 45.1 Å². The number of nitriles is 1. The summed E-state index contributed by atoms with van der Waals surface area (Å²) in [5.41, 5.74) is -0.444. The molecule has 1 heterocycles. The minimum absolute atomic E-state index is 0.0399. The molecule has 0 fully saturated rings. The summed E-state index contributed by atoms with van der Waals surface area (Å²) in [6.45, 7) is 3.16. The van der Waals surface area contributed by atoms with E-state index in [2.05, 4.69) is 31.2 Å². The molecule has 30 heavy (non-hydrogen) atoms. The lowest BCUT2D eigenvalue weighted by Gasteiger charge is -2.18. The second-order valence-corrected chi connectivity index (χ2v) is 8.09. The zero-order chi connectivity index (χ0) is 22.6. The van der Waals surface area contributed by atoms with E-state index < -0.39 is 45.8 Å². The standard InChI is InChI=1S/C17H17BrF3N5O3S/c1-8(27)9(2)29-15-13(18)7-24-16(26-15)25-11-3-4-12(17(19,20)21)14(30(23)28)10(5-11)6-22/h3-5,7-9,12,27H,23H2,1-2H3,(H,24,25,26)/t8-,9-,12?,30?/m1/s1. The van der Waals surface area contributed by atoms with Gasteiger partial charge in [0.2, 0.25) is 11.8 Å². The van der Waals surface area contributed by atoms with E-state index in [9.17, 15) is 27.7 Å². The van der Waals surface area contributed by atoms with Crippen molar-refractivity contribution in [2.45, 2.75) is 32.2 Å². The summed E-state index contributed by atoms with van der Waals surface area (Å²) in [6, 6.07) is 1.60. The molecule has 0 spiro atoms. The molecule has 1 aromatic rings. The number of aliphatic hydroxyl groups excluding tert-OH is 1. The van der Waals surface area contributed by atoms with Crippen molar-refractivity contribution >= 4 is 32.9 Å². The Labute approximate surface area is 181 Å². The average molecular weight is 508 g/mol. The fourth-order valence-corrected chi connectivity index (χ4v) is 3.35. The Morgan fingerprint density at radius 2 is 2.13 bits per heavy atom. The first-order valence-electron chi connectivity index (χ1n) is 8.35. The van der Waals surface area contributed by atoms with Crippen molar-refractivity contribution in [3.63, 3.8) is 0 Å². The number of aliphatic hydroxyl groups is 1. The zero-order valence-corrected chi connectivity index (χ0v) is 18.0. The molecule has 162 valence electrons. The SMILES string of the molecule is C[C@@H](O)[C@@H](C)Oc1nc(NC2=CC(C#N)=C(S(N)=O)C(C(F)(F)F)C=C2)ncc1Br. The normalized spacial score (nSPS) is 20.0. The van der Waals surface area contributed by atoms with Crippen LogP contribution in [0.3, 0.4) is 0 Å². The van der Waals surface area contributed by atoms with E-state index in [1.165, 1.54) is 13.1 Å². The summed E-state index contributed by atoms with van der Waals surface area (Å²) < 4.78 is 57.8. The number of alkyl halides is 3. The van der Waals surface area contributed by atoms with Gasteiger partial charge in [-0.15, -0.1) is 0 Å². The number of hydrogen-bond donors (Lipinski definition) is 3. The van der Waals surface area contributed by atoms with Crippen LogP contribution in [0.2, 0.25) is 0 Å². The van der Waals surface area contributed by atoms with Gasteiger partial charge >= 0.3 is 6.18 Å². The highest BCUT2D eigenvalue weighted by Crippen LogP contribution is 2.37. The maximum Gasteiger partial charge on any atom is 0.399 e. The molecule has 0 aromatic carbocycles. The first-order valence-corrected chi connectivity index (χ1v) is 10.4. The maximum atomic E-state index is 13.4. The van der Waals surface area contributed by atoms with E-state index in [4.69, 9.17) is 9.88 Å². The largest absolute Gasteiger partial charge is 0.471 e. The summed E-state index contributed by atoms with van der Waals surface area (Å²) in [5.74, 6) is -2.24. The third-order valence-corrected chi connectivity index (χ3v) is 5.40. The number of rotatable bonds is 6. The van der Waals surface area contributed by atoms with Crippen LogP contribution in [0.4, 0.5) is 19.1 Å². The van der Waals surface area contributed by atoms with Crippen LogP contribution in [0.25, 0.3) is 0 Å². The number of hydrogen-bond acceptors (Lipinski definition) is 7. The predicted octanol–water partition coefficient (Wildman–Crippen LogP) is 2.83. The lowest BCUT2D eigenvalue weighted by Crippen LogP contribution is -2.27. The first-order chi connectivity index (χ1) is 13.9. The van der Waals surface area contributed by atoms with Crippen LogP contribution >= 0.6 is 15.9 Å². The molecule has 0 bridgehead atoms. The number of nitrogens with two attached hydrogens (primary N) is 1. The molecular formula is C17H17BrF3N5O3S. The Morgan fingerprint density at radius 3 is 2.67 bits per heavy atom. The van der Waals surface area contributed by atoms with E-state index >= 15 is 0 Å². The summed E-state index contributed by atoms with van der Waals surface area (Å²) >= 11 is 3.21. The van der Waals surface area contributed by atoms with Gasteiger partial charge in [-0.2, -0.15) is 23.4 Å². The van der Waals surface area contributed by atoms with Gasteiger partial charge in [0.1, 0.15) is 29.1 Å². The van der Waals surface area contributed by atoms with E-state index in [1.807, 2.05) is 0 Å². The van der Waals surface area contributed by atoms with Crippen molar-refractivity contribution in [2.75, 3.05) is 5.32 Å². The topological polar surface area (TPSA) is 134 Å². The molecule has 2 rings (SSSR count). The Kier molecular flexibility index (Phi) is 7.75. The minimum atomic E-state index is -4.79. The molecule has 0 radical (unpaired) electrons.